The zero-order valence-electron chi connectivity index (χ0n) is 10.7. The van der Waals surface area contributed by atoms with Crippen LogP contribution in [0.5, 0.6) is 11.5 Å². The van der Waals surface area contributed by atoms with Gasteiger partial charge in [0.1, 0.15) is 5.56 Å². The largest absolute Gasteiger partial charge is 0.504 e. The first-order valence-corrected chi connectivity index (χ1v) is 5.77. The van der Waals surface area contributed by atoms with Crippen LogP contribution in [0.3, 0.4) is 0 Å². The Balaban J connectivity index is 3.00. The number of carboxylic acid groups (broad SMARTS) is 2. The average molecular weight is 268 g/mol. The Bertz CT molecular complexity index is 480. The molecule has 0 amide bonds. The van der Waals surface area contributed by atoms with Crippen LogP contribution < -0.4 is 4.74 Å². The minimum atomic E-state index is -1.31. The first-order chi connectivity index (χ1) is 8.82. The molecule has 6 heteroatoms. The van der Waals surface area contributed by atoms with Gasteiger partial charge in [-0.1, -0.05) is 19.9 Å². The highest BCUT2D eigenvalue weighted by Crippen LogP contribution is 2.31. The number of hydrogen-bond donors (Lipinski definition) is 3. The number of hydrogen-bond acceptors (Lipinski definition) is 4. The summed E-state index contributed by atoms with van der Waals surface area (Å²) in [6.45, 7) is 3.68. The highest BCUT2D eigenvalue weighted by atomic mass is 16.5. The second-order valence-electron chi connectivity index (χ2n) is 4.53. The number of carbonyl (C=O) groups is 2. The van der Waals surface area contributed by atoms with E-state index in [1.807, 2.05) is 13.8 Å². The van der Waals surface area contributed by atoms with E-state index in [0.717, 1.165) is 0 Å². The van der Waals surface area contributed by atoms with Crippen molar-refractivity contribution in [2.75, 3.05) is 0 Å². The number of rotatable bonds is 6. The van der Waals surface area contributed by atoms with Crippen LogP contribution in [0.2, 0.25) is 0 Å². The summed E-state index contributed by atoms with van der Waals surface area (Å²) in [7, 11) is 0. The van der Waals surface area contributed by atoms with E-state index in [2.05, 4.69) is 0 Å². The summed E-state index contributed by atoms with van der Waals surface area (Å²) >= 11 is 0. The summed E-state index contributed by atoms with van der Waals surface area (Å²) < 4.78 is 5.20. The van der Waals surface area contributed by atoms with E-state index in [9.17, 15) is 14.7 Å². The summed E-state index contributed by atoms with van der Waals surface area (Å²) in [5.74, 6) is -3.09. The van der Waals surface area contributed by atoms with Crippen LogP contribution in [-0.4, -0.2) is 33.4 Å². The third-order valence-corrected chi connectivity index (χ3v) is 2.46. The number of aliphatic carboxylic acids is 1. The first kappa shape index (κ1) is 14.8. The van der Waals surface area contributed by atoms with Crippen molar-refractivity contribution >= 4 is 11.9 Å². The van der Waals surface area contributed by atoms with Gasteiger partial charge in [0, 0.05) is 0 Å². The predicted octanol–water partition coefficient (Wildman–Crippen LogP) is 1.97. The molecule has 0 aliphatic heterocycles. The lowest BCUT2D eigenvalue weighted by Gasteiger charge is -2.18. The van der Waals surface area contributed by atoms with Crippen molar-refractivity contribution in [3.8, 4) is 11.5 Å². The molecule has 0 saturated heterocycles. The van der Waals surface area contributed by atoms with Crippen molar-refractivity contribution in [3.05, 3.63) is 23.8 Å². The topological polar surface area (TPSA) is 104 Å². The lowest BCUT2D eigenvalue weighted by Crippen LogP contribution is -2.28. The van der Waals surface area contributed by atoms with E-state index in [-0.39, 0.29) is 23.7 Å². The monoisotopic (exact) mass is 268 g/mol. The molecule has 0 unspecified atom stereocenters. The molecule has 0 bridgehead atoms. The molecular weight excluding hydrogens is 252 g/mol. The van der Waals surface area contributed by atoms with Crippen molar-refractivity contribution in [1.82, 2.24) is 0 Å². The van der Waals surface area contributed by atoms with Gasteiger partial charge in [0.2, 0.25) is 0 Å². The van der Waals surface area contributed by atoms with Crippen molar-refractivity contribution in [1.29, 1.82) is 0 Å². The molecule has 0 heterocycles. The maximum atomic E-state index is 11.0. The zero-order chi connectivity index (χ0) is 14.6. The summed E-state index contributed by atoms with van der Waals surface area (Å²) in [6.07, 6.45) is -0.874. The molecule has 0 radical (unpaired) electrons. The quantitative estimate of drug-likeness (QED) is 0.728. The summed E-state index contributed by atoms with van der Waals surface area (Å²) in [6, 6.07) is 3.92. The lowest BCUT2D eigenvalue weighted by molar-refractivity contribution is -0.145. The molecule has 1 aromatic carbocycles. The highest BCUT2D eigenvalue weighted by molar-refractivity contribution is 5.91. The lowest BCUT2D eigenvalue weighted by atomic mass is 10.1. The Kier molecular flexibility index (Phi) is 4.74. The summed E-state index contributed by atoms with van der Waals surface area (Å²) in [4.78, 5) is 21.9. The van der Waals surface area contributed by atoms with Gasteiger partial charge in [-0.3, -0.25) is 0 Å². The van der Waals surface area contributed by atoms with E-state index in [1.165, 1.54) is 18.2 Å². The van der Waals surface area contributed by atoms with Crippen LogP contribution in [0.4, 0.5) is 0 Å². The maximum absolute atomic E-state index is 11.0. The molecule has 0 aliphatic rings. The van der Waals surface area contributed by atoms with Crippen molar-refractivity contribution < 1.29 is 29.6 Å². The molecule has 6 nitrogen and oxygen atoms in total. The number of ether oxygens (including phenoxy) is 1. The number of para-hydroxylation sites is 1. The fraction of sp³-hybridized carbons (Fsp3) is 0.385. The Hall–Kier alpha value is -2.24. The van der Waals surface area contributed by atoms with Crippen LogP contribution >= 0.6 is 0 Å². The number of benzene rings is 1. The van der Waals surface area contributed by atoms with E-state index in [1.54, 1.807) is 0 Å². The van der Waals surface area contributed by atoms with Gasteiger partial charge < -0.3 is 20.1 Å². The third-order valence-electron chi connectivity index (χ3n) is 2.46. The Morgan fingerprint density at radius 1 is 1.26 bits per heavy atom. The number of aromatic carboxylic acids is 1. The Morgan fingerprint density at radius 3 is 2.37 bits per heavy atom. The molecule has 0 aliphatic carbocycles. The molecule has 104 valence electrons. The molecule has 19 heavy (non-hydrogen) atoms. The SMILES string of the molecule is CC(C)C[C@H](Oc1cccc(C(=O)O)c1O)C(=O)O. The summed E-state index contributed by atoms with van der Waals surface area (Å²) in [5, 5.41) is 27.6. The fourth-order valence-electron chi connectivity index (χ4n) is 1.57. The second-order valence-corrected chi connectivity index (χ2v) is 4.53. The van der Waals surface area contributed by atoms with Crippen molar-refractivity contribution in [2.45, 2.75) is 26.4 Å². The van der Waals surface area contributed by atoms with E-state index >= 15 is 0 Å². The molecular formula is C13H16O6. The van der Waals surface area contributed by atoms with Gasteiger partial charge in [0.15, 0.2) is 17.6 Å². The van der Waals surface area contributed by atoms with E-state index < -0.39 is 23.8 Å². The van der Waals surface area contributed by atoms with Crippen LogP contribution in [0.25, 0.3) is 0 Å². The summed E-state index contributed by atoms with van der Waals surface area (Å²) in [5.41, 5.74) is -0.328. The first-order valence-electron chi connectivity index (χ1n) is 5.77. The van der Waals surface area contributed by atoms with Gasteiger partial charge >= 0.3 is 11.9 Å². The Labute approximate surface area is 110 Å². The van der Waals surface area contributed by atoms with Gasteiger partial charge in [0.25, 0.3) is 0 Å². The molecule has 0 aromatic heterocycles. The second kappa shape index (κ2) is 6.08. The molecule has 1 aromatic rings. The van der Waals surface area contributed by atoms with E-state index in [4.69, 9.17) is 14.9 Å². The molecule has 0 fully saturated rings. The maximum Gasteiger partial charge on any atom is 0.344 e. The van der Waals surface area contributed by atoms with Crippen LogP contribution in [0, 0.1) is 5.92 Å². The minimum absolute atomic E-state index is 0.0888. The van der Waals surface area contributed by atoms with Gasteiger partial charge in [-0.2, -0.15) is 0 Å². The van der Waals surface area contributed by atoms with Crippen LogP contribution in [0.15, 0.2) is 18.2 Å². The molecule has 1 atom stereocenters. The number of phenols is 1. The average Bonchev–Trinajstić information content (AvgIpc) is 2.29. The zero-order valence-corrected chi connectivity index (χ0v) is 10.7. The van der Waals surface area contributed by atoms with Gasteiger partial charge in [-0.05, 0) is 24.5 Å². The minimum Gasteiger partial charge on any atom is -0.504 e. The molecule has 3 N–H and O–H groups in total. The van der Waals surface area contributed by atoms with Crippen LogP contribution in [-0.2, 0) is 4.79 Å². The molecule has 0 spiro atoms. The third kappa shape index (κ3) is 3.87. The number of carboxylic acids is 2. The van der Waals surface area contributed by atoms with Crippen LogP contribution in [0.1, 0.15) is 30.6 Å². The smallest absolute Gasteiger partial charge is 0.344 e. The van der Waals surface area contributed by atoms with Gasteiger partial charge in [-0.15, -0.1) is 0 Å². The normalized spacial score (nSPS) is 12.2. The Morgan fingerprint density at radius 2 is 1.89 bits per heavy atom. The fourth-order valence-corrected chi connectivity index (χ4v) is 1.57. The van der Waals surface area contributed by atoms with E-state index in [0.29, 0.717) is 0 Å². The van der Waals surface area contributed by atoms with Gasteiger partial charge in [0.05, 0.1) is 0 Å². The van der Waals surface area contributed by atoms with Gasteiger partial charge in [-0.25, -0.2) is 9.59 Å². The predicted molar refractivity (Wildman–Crippen MR) is 66.6 cm³/mol. The molecule has 1 rings (SSSR count). The number of aromatic hydroxyl groups is 1. The molecule has 0 saturated carbocycles. The highest BCUT2D eigenvalue weighted by Gasteiger charge is 2.23. The standard InChI is InChI=1S/C13H16O6/c1-7(2)6-10(13(17)18)19-9-5-3-4-8(11(9)14)12(15)16/h3-5,7,10,14H,6H2,1-2H3,(H,15,16)(H,17,18)/t10-/m0/s1. The van der Waals surface area contributed by atoms with Crippen molar-refractivity contribution in [2.24, 2.45) is 5.92 Å². The van der Waals surface area contributed by atoms with Crippen molar-refractivity contribution in [3.63, 3.8) is 0 Å².